The third kappa shape index (κ3) is 5.17. The molecular weight excluding hydrogens is 484 g/mol. The molecule has 4 saturated carbocycles. The highest BCUT2D eigenvalue weighted by atomic mass is 32.2. The number of rotatable bonds is 9. The Balaban J connectivity index is 1.31. The maximum atomic E-state index is 6.62. The lowest BCUT2D eigenvalue weighted by atomic mass is 9.55. The van der Waals surface area contributed by atoms with Crippen LogP contribution in [-0.2, 0) is 15.6 Å². The molecule has 0 atom stereocenters. The first-order valence-corrected chi connectivity index (χ1v) is 16.0. The van der Waals surface area contributed by atoms with Crippen LogP contribution < -0.4 is 4.74 Å². The first kappa shape index (κ1) is 26.0. The molecule has 7 rings (SSSR count). The first-order valence-electron chi connectivity index (χ1n) is 14.7. The van der Waals surface area contributed by atoms with Crippen LogP contribution in [0.25, 0.3) is 0 Å². The van der Waals surface area contributed by atoms with Crippen LogP contribution in [0.2, 0.25) is 0 Å². The van der Waals surface area contributed by atoms with Gasteiger partial charge < -0.3 is 9.47 Å². The zero-order chi connectivity index (χ0) is 26.2. The molecule has 0 radical (unpaired) electrons. The summed E-state index contributed by atoms with van der Waals surface area (Å²) < 4.78 is 13.2. The van der Waals surface area contributed by atoms with E-state index in [-0.39, 0.29) is 10.9 Å². The van der Waals surface area contributed by atoms with E-state index in [1.807, 2.05) is 0 Å². The smallest absolute Gasteiger partial charge is 0.189 e. The molecule has 2 nitrogen and oxygen atoms in total. The zero-order valence-corrected chi connectivity index (χ0v) is 24.3. The minimum Gasteiger partial charge on any atom is -0.467 e. The van der Waals surface area contributed by atoms with Crippen LogP contribution in [-0.4, -0.2) is 12.9 Å². The molecule has 3 aromatic rings. The van der Waals surface area contributed by atoms with Crippen LogP contribution in [0.4, 0.5) is 0 Å². The van der Waals surface area contributed by atoms with E-state index in [1.54, 1.807) is 0 Å². The van der Waals surface area contributed by atoms with Crippen molar-refractivity contribution in [1.82, 2.24) is 0 Å². The summed E-state index contributed by atoms with van der Waals surface area (Å²) in [7, 11) is -0.175. The average Bonchev–Trinajstić information content (AvgIpc) is 2.91. The van der Waals surface area contributed by atoms with E-state index in [4.69, 9.17) is 9.47 Å². The average molecular weight is 528 g/mol. The lowest BCUT2D eigenvalue weighted by molar-refractivity contribution is -0.155. The summed E-state index contributed by atoms with van der Waals surface area (Å²) >= 11 is 0. The summed E-state index contributed by atoms with van der Waals surface area (Å²) in [6.45, 7) is 9.53. The molecule has 0 aromatic heterocycles. The van der Waals surface area contributed by atoms with Gasteiger partial charge in [0.15, 0.2) is 21.5 Å². The Labute approximate surface area is 232 Å². The normalized spacial score (nSPS) is 26.0. The molecule has 200 valence electrons. The second kappa shape index (κ2) is 11.1. The molecule has 0 saturated heterocycles. The molecule has 4 bridgehead atoms. The third-order valence-electron chi connectivity index (χ3n) is 9.16. The summed E-state index contributed by atoms with van der Waals surface area (Å²) in [5.41, 5.74) is 2.59. The van der Waals surface area contributed by atoms with Crippen LogP contribution in [0, 0.1) is 23.7 Å². The van der Waals surface area contributed by atoms with E-state index in [0.29, 0.717) is 24.7 Å². The largest absolute Gasteiger partial charge is 0.467 e. The molecule has 0 N–H and O–H groups in total. The second-order valence-corrected chi connectivity index (χ2v) is 14.5. The van der Waals surface area contributed by atoms with Gasteiger partial charge in [0, 0.05) is 23.3 Å². The van der Waals surface area contributed by atoms with Gasteiger partial charge in [0.05, 0.1) is 17.0 Å². The highest BCUT2D eigenvalue weighted by Crippen LogP contribution is 2.54. The van der Waals surface area contributed by atoms with Crippen molar-refractivity contribution in [3.05, 3.63) is 83.9 Å². The van der Waals surface area contributed by atoms with E-state index in [0.717, 1.165) is 29.4 Å². The molecule has 38 heavy (non-hydrogen) atoms. The van der Waals surface area contributed by atoms with Gasteiger partial charge in [0.2, 0.25) is 0 Å². The van der Waals surface area contributed by atoms with Gasteiger partial charge in [-0.05, 0) is 91.9 Å². The lowest BCUT2D eigenvalue weighted by Crippen LogP contribution is -2.49. The van der Waals surface area contributed by atoms with E-state index in [2.05, 4.69) is 100 Å². The van der Waals surface area contributed by atoms with Gasteiger partial charge in [-0.2, -0.15) is 0 Å². The highest BCUT2D eigenvalue weighted by molar-refractivity contribution is 7.97. The van der Waals surface area contributed by atoms with E-state index in [1.165, 1.54) is 57.9 Å². The van der Waals surface area contributed by atoms with Crippen molar-refractivity contribution in [3.8, 4) is 5.75 Å². The van der Waals surface area contributed by atoms with E-state index >= 15 is 0 Å². The standard InChI is InChI=1S/C35H43O2S/c1-23(2)32-20-31(38(29-11-7-5-8-12-29)30-13-9-6-10-14-30)21-33(24(3)4)35(32)37-22-36-34-27-16-25-15-26(18-27)19-28(34)17-25/h5-14,20-21,23-28,34H,15-19,22H2,1-4H3/q+1. The Hall–Kier alpha value is -2.23. The number of ether oxygens (including phenoxy) is 2. The number of hydrogen-bond donors (Lipinski definition) is 0. The van der Waals surface area contributed by atoms with Gasteiger partial charge >= 0.3 is 0 Å². The van der Waals surface area contributed by atoms with Gasteiger partial charge in [-0.25, -0.2) is 0 Å². The van der Waals surface area contributed by atoms with Crippen LogP contribution in [0.15, 0.2) is 87.5 Å². The Bertz CT molecular complexity index is 1120. The summed E-state index contributed by atoms with van der Waals surface area (Å²) in [6, 6.07) is 26.7. The SMILES string of the molecule is CC(C)c1cc([S+](c2ccccc2)c2ccccc2)cc(C(C)C)c1OCOC1C2CC3CC(C2)CC1C3. The van der Waals surface area contributed by atoms with E-state index in [9.17, 15) is 0 Å². The van der Waals surface area contributed by atoms with Gasteiger partial charge in [-0.3, -0.25) is 0 Å². The van der Waals surface area contributed by atoms with Crippen LogP contribution in [0.3, 0.4) is 0 Å². The second-order valence-electron chi connectivity index (χ2n) is 12.5. The van der Waals surface area contributed by atoms with Crippen molar-refractivity contribution in [2.75, 3.05) is 6.79 Å². The van der Waals surface area contributed by atoms with Crippen molar-refractivity contribution in [2.24, 2.45) is 23.7 Å². The summed E-state index contributed by atoms with van der Waals surface area (Å²) in [6.07, 6.45) is 7.38. The van der Waals surface area contributed by atoms with E-state index < -0.39 is 0 Å². The maximum absolute atomic E-state index is 6.62. The first-order chi connectivity index (χ1) is 18.5. The quantitative estimate of drug-likeness (QED) is 0.204. The molecular formula is C35H43O2S+. The van der Waals surface area contributed by atoms with Gasteiger partial charge in [-0.1, -0.05) is 64.1 Å². The zero-order valence-electron chi connectivity index (χ0n) is 23.4. The minimum absolute atomic E-state index is 0.175. The molecule has 0 aliphatic heterocycles. The van der Waals surface area contributed by atoms with Gasteiger partial charge in [-0.15, -0.1) is 0 Å². The van der Waals surface area contributed by atoms with Crippen LogP contribution in [0.1, 0.15) is 82.8 Å². The molecule has 0 spiro atoms. The highest BCUT2D eigenvalue weighted by Gasteiger charge is 2.48. The van der Waals surface area contributed by atoms with Crippen molar-refractivity contribution < 1.29 is 9.47 Å². The maximum Gasteiger partial charge on any atom is 0.189 e. The number of hydrogen-bond acceptors (Lipinski definition) is 2. The van der Waals surface area contributed by atoms with Crippen molar-refractivity contribution in [1.29, 1.82) is 0 Å². The minimum atomic E-state index is -0.175. The fourth-order valence-corrected chi connectivity index (χ4v) is 9.79. The van der Waals surface area contributed by atoms with Crippen molar-refractivity contribution in [2.45, 2.75) is 92.4 Å². The molecule has 4 aliphatic carbocycles. The molecule has 0 unspecified atom stereocenters. The lowest BCUT2D eigenvalue weighted by Gasteiger charge is -2.53. The Morgan fingerprint density at radius 1 is 0.658 bits per heavy atom. The Morgan fingerprint density at radius 2 is 1.13 bits per heavy atom. The fraction of sp³-hybridized carbons (Fsp3) is 0.486. The Morgan fingerprint density at radius 3 is 1.58 bits per heavy atom. The fourth-order valence-electron chi connectivity index (χ4n) is 7.63. The molecule has 0 heterocycles. The van der Waals surface area contributed by atoms with Crippen LogP contribution in [0.5, 0.6) is 5.75 Å². The summed E-state index contributed by atoms with van der Waals surface area (Å²) in [5, 5.41) is 0. The summed E-state index contributed by atoms with van der Waals surface area (Å²) in [5.74, 6) is 5.21. The van der Waals surface area contributed by atoms with Crippen LogP contribution >= 0.6 is 0 Å². The molecule has 3 heteroatoms. The monoisotopic (exact) mass is 527 g/mol. The van der Waals surface area contributed by atoms with Crippen molar-refractivity contribution in [3.63, 3.8) is 0 Å². The molecule has 3 aromatic carbocycles. The summed E-state index contributed by atoms with van der Waals surface area (Å²) in [4.78, 5) is 4.06. The van der Waals surface area contributed by atoms with Gasteiger partial charge in [0.1, 0.15) is 5.75 Å². The predicted octanol–water partition coefficient (Wildman–Crippen LogP) is 9.21. The predicted molar refractivity (Wildman–Crippen MR) is 157 cm³/mol. The van der Waals surface area contributed by atoms with Gasteiger partial charge in [0.25, 0.3) is 0 Å². The molecule has 4 aliphatic rings. The molecule has 4 fully saturated rings. The van der Waals surface area contributed by atoms with Crippen molar-refractivity contribution >= 4 is 10.9 Å². The third-order valence-corrected chi connectivity index (χ3v) is 11.4. The number of benzene rings is 3. The Kier molecular flexibility index (Phi) is 7.60. The topological polar surface area (TPSA) is 18.5 Å². The molecule has 0 amide bonds.